The van der Waals surface area contributed by atoms with E-state index in [1.165, 1.54) is 5.56 Å². The van der Waals surface area contributed by atoms with Crippen molar-refractivity contribution in [1.29, 1.82) is 0 Å². The van der Waals surface area contributed by atoms with Crippen LogP contribution in [-0.2, 0) is 6.42 Å². The van der Waals surface area contributed by atoms with Crippen LogP contribution in [0, 0.1) is 0 Å². The molecule has 0 atom stereocenters. The quantitative estimate of drug-likeness (QED) is 0.560. The molecule has 1 aliphatic heterocycles. The number of rotatable bonds is 2. The number of benzene rings is 2. The molecule has 0 bridgehead atoms. The Kier molecular flexibility index (Phi) is 3.65. The first-order valence-corrected chi connectivity index (χ1v) is 8.50. The molecule has 0 aliphatic carbocycles. The van der Waals surface area contributed by atoms with Gasteiger partial charge in [0.05, 0.1) is 0 Å². The van der Waals surface area contributed by atoms with Gasteiger partial charge in [-0.15, -0.1) is 0 Å². The molecule has 3 aromatic rings. The van der Waals surface area contributed by atoms with Crippen molar-refractivity contribution in [2.75, 3.05) is 0 Å². The Labute approximate surface area is 147 Å². The highest BCUT2D eigenvalue weighted by atomic mass is 16.1. The SMILES string of the molecule is CC1(C)Cc2ccccc2/C(=C/C(=O)c2nccc3ccccc23)N1. The number of carbonyl (C=O) groups is 1. The van der Waals surface area contributed by atoms with Gasteiger partial charge in [-0.2, -0.15) is 0 Å². The van der Waals surface area contributed by atoms with Gasteiger partial charge in [0.15, 0.2) is 0 Å². The summed E-state index contributed by atoms with van der Waals surface area (Å²) in [6.07, 6.45) is 4.32. The van der Waals surface area contributed by atoms with Gasteiger partial charge in [-0.25, -0.2) is 0 Å². The van der Waals surface area contributed by atoms with Crippen molar-refractivity contribution in [3.8, 4) is 0 Å². The number of carbonyl (C=O) groups excluding carboxylic acids is 1. The molecule has 0 unspecified atom stereocenters. The Hall–Kier alpha value is -2.94. The molecule has 1 aromatic heterocycles. The van der Waals surface area contributed by atoms with Gasteiger partial charge in [0.2, 0.25) is 5.78 Å². The van der Waals surface area contributed by atoms with Crippen LogP contribution >= 0.6 is 0 Å². The molecule has 0 saturated heterocycles. The summed E-state index contributed by atoms with van der Waals surface area (Å²) in [6.45, 7) is 4.30. The minimum absolute atomic E-state index is 0.0770. The third-order valence-electron chi connectivity index (χ3n) is 4.60. The van der Waals surface area contributed by atoms with E-state index in [9.17, 15) is 4.79 Å². The normalized spacial score (nSPS) is 17.1. The van der Waals surface area contributed by atoms with Crippen LogP contribution in [0.2, 0.25) is 0 Å². The molecule has 4 rings (SSSR count). The van der Waals surface area contributed by atoms with Crippen LogP contribution in [-0.4, -0.2) is 16.3 Å². The summed E-state index contributed by atoms with van der Waals surface area (Å²) in [4.78, 5) is 17.3. The van der Waals surface area contributed by atoms with Crippen LogP contribution in [0.15, 0.2) is 66.9 Å². The molecular weight excluding hydrogens is 308 g/mol. The van der Waals surface area contributed by atoms with Crippen LogP contribution in [0.5, 0.6) is 0 Å². The fourth-order valence-electron chi connectivity index (χ4n) is 3.52. The zero-order valence-electron chi connectivity index (χ0n) is 14.4. The standard InChI is InChI=1S/C22H20N2O/c1-22(2)14-16-8-4-5-9-17(16)19(24-22)13-20(25)21-18-10-6-3-7-15(18)11-12-23-21/h3-13,24H,14H2,1-2H3/b19-13-. The lowest BCUT2D eigenvalue weighted by atomic mass is 9.85. The fraction of sp³-hybridized carbons (Fsp3) is 0.182. The Balaban J connectivity index is 1.81. The first kappa shape index (κ1) is 15.6. The first-order chi connectivity index (χ1) is 12.0. The van der Waals surface area contributed by atoms with Gasteiger partial charge in [-0.1, -0.05) is 48.5 Å². The summed E-state index contributed by atoms with van der Waals surface area (Å²) in [7, 11) is 0. The van der Waals surface area contributed by atoms with Gasteiger partial charge in [-0.3, -0.25) is 9.78 Å². The average Bonchev–Trinajstić information content (AvgIpc) is 2.60. The van der Waals surface area contributed by atoms with Crippen LogP contribution in [0.1, 0.15) is 35.5 Å². The van der Waals surface area contributed by atoms with E-state index in [4.69, 9.17) is 0 Å². The van der Waals surface area contributed by atoms with Crippen molar-refractivity contribution in [2.24, 2.45) is 0 Å². The van der Waals surface area contributed by atoms with Gasteiger partial charge < -0.3 is 5.32 Å². The summed E-state index contributed by atoms with van der Waals surface area (Å²) < 4.78 is 0. The largest absolute Gasteiger partial charge is 0.379 e. The monoisotopic (exact) mass is 328 g/mol. The molecule has 0 saturated carbocycles. The van der Waals surface area contributed by atoms with Crippen LogP contribution < -0.4 is 5.32 Å². The summed E-state index contributed by atoms with van der Waals surface area (Å²) in [5.74, 6) is -0.0770. The molecule has 3 nitrogen and oxygen atoms in total. The van der Waals surface area contributed by atoms with Gasteiger partial charge in [0, 0.05) is 34.5 Å². The number of nitrogens with zero attached hydrogens (tertiary/aromatic N) is 1. The Bertz CT molecular complexity index is 996. The second-order valence-electron chi connectivity index (χ2n) is 7.15. The van der Waals surface area contributed by atoms with E-state index in [1.54, 1.807) is 12.3 Å². The van der Waals surface area contributed by atoms with Crippen molar-refractivity contribution in [3.63, 3.8) is 0 Å². The number of nitrogens with one attached hydrogen (secondary N) is 1. The molecule has 0 fully saturated rings. The molecule has 0 radical (unpaired) electrons. The fourth-order valence-corrected chi connectivity index (χ4v) is 3.52. The minimum Gasteiger partial charge on any atom is -0.379 e. The lowest BCUT2D eigenvalue weighted by Crippen LogP contribution is -2.43. The summed E-state index contributed by atoms with van der Waals surface area (Å²) in [6, 6.07) is 18.0. The van der Waals surface area contributed by atoms with E-state index in [1.807, 2.05) is 42.5 Å². The lowest BCUT2D eigenvalue weighted by Gasteiger charge is -2.35. The minimum atomic E-state index is -0.0906. The number of hydrogen-bond acceptors (Lipinski definition) is 3. The van der Waals surface area contributed by atoms with Gasteiger partial charge in [-0.05, 0) is 37.3 Å². The topological polar surface area (TPSA) is 42.0 Å². The van der Waals surface area contributed by atoms with E-state index >= 15 is 0 Å². The highest BCUT2D eigenvalue weighted by molar-refractivity contribution is 6.14. The highest BCUT2D eigenvalue weighted by Gasteiger charge is 2.27. The van der Waals surface area contributed by atoms with Crippen LogP contribution in [0.3, 0.4) is 0 Å². The molecule has 2 aromatic carbocycles. The zero-order chi connectivity index (χ0) is 17.4. The average molecular weight is 328 g/mol. The number of ketones is 1. The molecule has 1 aliphatic rings. The highest BCUT2D eigenvalue weighted by Crippen LogP contribution is 2.30. The van der Waals surface area contributed by atoms with Crippen molar-refractivity contribution in [1.82, 2.24) is 10.3 Å². The Morgan fingerprint density at radius 2 is 1.84 bits per heavy atom. The summed E-state index contributed by atoms with van der Waals surface area (Å²) in [5.41, 5.74) is 3.62. The molecular formula is C22H20N2O. The maximum Gasteiger partial charge on any atom is 0.206 e. The summed E-state index contributed by atoms with van der Waals surface area (Å²) >= 11 is 0. The van der Waals surface area contributed by atoms with Crippen molar-refractivity contribution < 1.29 is 4.79 Å². The lowest BCUT2D eigenvalue weighted by molar-refractivity contribution is 0.104. The smallest absolute Gasteiger partial charge is 0.206 e. The van der Waals surface area contributed by atoms with E-state index in [2.05, 4.69) is 36.3 Å². The molecule has 0 amide bonds. The van der Waals surface area contributed by atoms with Gasteiger partial charge in [0.25, 0.3) is 0 Å². The second-order valence-corrected chi connectivity index (χ2v) is 7.15. The maximum atomic E-state index is 13.0. The van der Waals surface area contributed by atoms with Crippen molar-refractivity contribution in [2.45, 2.75) is 25.8 Å². The van der Waals surface area contributed by atoms with E-state index in [0.717, 1.165) is 28.5 Å². The molecule has 1 N–H and O–H groups in total. The predicted molar refractivity (Wildman–Crippen MR) is 101 cm³/mol. The number of pyridine rings is 1. The number of hydrogen-bond donors (Lipinski definition) is 1. The molecule has 2 heterocycles. The number of allylic oxidation sites excluding steroid dienone is 1. The van der Waals surface area contributed by atoms with E-state index < -0.39 is 0 Å². The van der Waals surface area contributed by atoms with Gasteiger partial charge >= 0.3 is 0 Å². The molecule has 25 heavy (non-hydrogen) atoms. The molecule has 124 valence electrons. The third kappa shape index (κ3) is 2.93. The second kappa shape index (κ2) is 5.85. The number of aromatic nitrogens is 1. The first-order valence-electron chi connectivity index (χ1n) is 8.50. The zero-order valence-corrected chi connectivity index (χ0v) is 14.4. The Morgan fingerprint density at radius 1 is 1.08 bits per heavy atom. The predicted octanol–water partition coefficient (Wildman–Crippen LogP) is 4.38. The summed E-state index contributed by atoms with van der Waals surface area (Å²) in [5, 5.41) is 5.42. The third-order valence-corrected chi connectivity index (χ3v) is 4.60. The van der Waals surface area contributed by atoms with Crippen molar-refractivity contribution in [3.05, 3.63) is 83.7 Å². The van der Waals surface area contributed by atoms with Gasteiger partial charge in [0.1, 0.15) is 5.69 Å². The van der Waals surface area contributed by atoms with Crippen LogP contribution in [0.4, 0.5) is 0 Å². The number of fused-ring (bicyclic) bond motifs is 2. The Morgan fingerprint density at radius 3 is 2.72 bits per heavy atom. The van der Waals surface area contributed by atoms with E-state index in [0.29, 0.717) is 5.69 Å². The van der Waals surface area contributed by atoms with Crippen LogP contribution in [0.25, 0.3) is 16.5 Å². The maximum absolute atomic E-state index is 13.0. The van der Waals surface area contributed by atoms with Crippen molar-refractivity contribution >= 4 is 22.3 Å². The molecule has 3 heteroatoms. The molecule has 0 spiro atoms. The van der Waals surface area contributed by atoms with E-state index in [-0.39, 0.29) is 11.3 Å².